The van der Waals surface area contributed by atoms with Crippen LogP contribution in [0.1, 0.15) is 12.5 Å². The molecule has 6 aromatic rings. The number of rotatable bonds is 6. The van der Waals surface area contributed by atoms with E-state index in [0.717, 1.165) is 63.1 Å². The minimum absolute atomic E-state index is 0.304. The summed E-state index contributed by atoms with van der Waals surface area (Å²) in [7, 11) is 0. The molecule has 0 unspecified atom stereocenters. The lowest BCUT2D eigenvalue weighted by Crippen LogP contribution is -2.11. The van der Waals surface area contributed by atoms with Gasteiger partial charge in [-0.05, 0) is 48.5 Å². The summed E-state index contributed by atoms with van der Waals surface area (Å²) >= 11 is 0. The van der Waals surface area contributed by atoms with Crippen molar-refractivity contribution in [3.05, 3.63) is 84.7 Å². The summed E-state index contributed by atoms with van der Waals surface area (Å²) in [6.45, 7) is 3.72. The molecule has 0 saturated heterocycles. The molecule has 0 bridgehead atoms. The average molecular weight is 464 g/mol. The number of benzene rings is 1. The summed E-state index contributed by atoms with van der Waals surface area (Å²) in [5, 5.41) is 12.7. The van der Waals surface area contributed by atoms with Crippen molar-refractivity contribution in [2.45, 2.75) is 13.5 Å². The number of aromatic nitrogens is 6. The molecule has 172 valence electrons. The normalized spacial score (nSPS) is 11.5. The smallest absolute Gasteiger partial charge is 0.132 e. The molecule has 0 atom stereocenters. The molecule has 0 spiro atoms. The highest BCUT2D eigenvalue weighted by molar-refractivity contribution is 6.00. The minimum atomic E-state index is -0.304. The number of H-pyrrole nitrogens is 2. The summed E-state index contributed by atoms with van der Waals surface area (Å²) in [4.78, 5) is 16.9. The Labute approximate surface area is 200 Å². The lowest BCUT2D eigenvalue weighted by Gasteiger charge is -2.05. The molecular weight excluding hydrogens is 441 g/mol. The van der Waals surface area contributed by atoms with Gasteiger partial charge in [0.25, 0.3) is 0 Å². The summed E-state index contributed by atoms with van der Waals surface area (Å²) in [6, 6.07) is 14.6. The zero-order valence-corrected chi connectivity index (χ0v) is 19.0. The van der Waals surface area contributed by atoms with Crippen molar-refractivity contribution in [2.24, 2.45) is 0 Å². The molecule has 8 heteroatoms. The second-order valence-corrected chi connectivity index (χ2v) is 8.33. The monoisotopic (exact) mass is 463 g/mol. The second-order valence-electron chi connectivity index (χ2n) is 8.33. The Balaban J connectivity index is 1.45. The lowest BCUT2D eigenvalue weighted by molar-refractivity contribution is 0.631. The largest absolute Gasteiger partial charge is 0.353 e. The number of nitrogens with zero attached hydrogens (tertiary/aromatic N) is 4. The maximum atomic E-state index is 14.5. The summed E-state index contributed by atoms with van der Waals surface area (Å²) < 4.78 is 14.5. The molecule has 0 radical (unpaired) electrons. The number of hydrogen-bond acceptors (Lipinski definition) is 5. The van der Waals surface area contributed by atoms with E-state index in [1.54, 1.807) is 24.5 Å². The predicted octanol–water partition coefficient (Wildman–Crippen LogP) is 5.48. The molecule has 0 fully saturated rings. The predicted molar refractivity (Wildman–Crippen MR) is 135 cm³/mol. The fourth-order valence-electron chi connectivity index (χ4n) is 4.32. The Morgan fingerprint density at radius 3 is 2.69 bits per heavy atom. The second kappa shape index (κ2) is 8.73. The first-order chi connectivity index (χ1) is 17.2. The third-order valence-corrected chi connectivity index (χ3v) is 6.05. The molecule has 35 heavy (non-hydrogen) atoms. The fourth-order valence-corrected chi connectivity index (χ4v) is 4.32. The van der Waals surface area contributed by atoms with Crippen molar-refractivity contribution < 1.29 is 4.39 Å². The third kappa shape index (κ3) is 3.83. The van der Waals surface area contributed by atoms with Crippen molar-refractivity contribution in [3.8, 4) is 33.9 Å². The maximum Gasteiger partial charge on any atom is 0.132 e. The van der Waals surface area contributed by atoms with Crippen molar-refractivity contribution in [2.75, 3.05) is 6.54 Å². The van der Waals surface area contributed by atoms with Crippen LogP contribution >= 0.6 is 0 Å². The summed E-state index contributed by atoms with van der Waals surface area (Å²) in [6.07, 6.45) is 7.15. The van der Waals surface area contributed by atoms with Crippen LogP contribution in [0.25, 0.3) is 55.7 Å². The van der Waals surface area contributed by atoms with E-state index >= 15 is 0 Å². The van der Waals surface area contributed by atoms with E-state index in [4.69, 9.17) is 0 Å². The van der Waals surface area contributed by atoms with Crippen LogP contribution in [0.15, 0.2) is 73.3 Å². The van der Waals surface area contributed by atoms with E-state index in [0.29, 0.717) is 11.3 Å². The van der Waals surface area contributed by atoms with Crippen molar-refractivity contribution in [1.82, 2.24) is 35.5 Å². The van der Waals surface area contributed by atoms with Gasteiger partial charge in [-0.25, -0.2) is 4.39 Å². The van der Waals surface area contributed by atoms with Gasteiger partial charge in [0.15, 0.2) is 0 Å². The van der Waals surface area contributed by atoms with Gasteiger partial charge in [-0.2, -0.15) is 5.10 Å². The minimum Gasteiger partial charge on any atom is -0.353 e. The van der Waals surface area contributed by atoms with Crippen LogP contribution in [0.5, 0.6) is 0 Å². The van der Waals surface area contributed by atoms with E-state index in [9.17, 15) is 4.39 Å². The zero-order valence-electron chi connectivity index (χ0n) is 19.0. The van der Waals surface area contributed by atoms with Crippen LogP contribution in [-0.2, 0) is 6.54 Å². The van der Waals surface area contributed by atoms with Gasteiger partial charge >= 0.3 is 0 Å². The van der Waals surface area contributed by atoms with Crippen molar-refractivity contribution >= 4 is 21.8 Å². The Bertz CT molecular complexity index is 1670. The van der Waals surface area contributed by atoms with Gasteiger partial charge in [-0.3, -0.25) is 20.1 Å². The fraction of sp³-hybridized carbons (Fsp3) is 0.111. The quantitative estimate of drug-likeness (QED) is 0.304. The highest BCUT2D eigenvalue weighted by atomic mass is 19.1. The van der Waals surface area contributed by atoms with E-state index < -0.39 is 0 Å². The van der Waals surface area contributed by atoms with E-state index in [-0.39, 0.29) is 5.82 Å². The Morgan fingerprint density at radius 1 is 0.914 bits per heavy atom. The highest BCUT2D eigenvalue weighted by Crippen LogP contribution is 2.34. The van der Waals surface area contributed by atoms with E-state index in [2.05, 4.69) is 48.4 Å². The van der Waals surface area contributed by atoms with Gasteiger partial charge in [0.05, 0.1) is 28.8 Å². The summed E-state index contributed by atoms with van der Waals surface area (Å²) in [5.41, 5.74) is 7.17. The van der Waals surface area contributed by atoms with Crippen LogP contribution in [0.4, 0.5) is 4.39 Å². The Hall–Kier alpha value is -4.43. The topological polar surface area (TPSA) is 95.2 Å². The number of hydrogen-bond donors (Lipinski definition) is 3. The molecule has 0 amide bonds. The first-order valence-electron chi connectivity index (χ1n) is 11.4. The zero-order chi connectivity index (χ0) is 23.8. The van der Waals surface area contributed by atoms with Gasteiger partial charge in [-0.1, -0.05) is 19.1 Å². The molecule has 0 aliphatic rings. The first-order valence-corrected chi connectivity index (χ1v) is 11.4. The standard InChI is InChI=1S/C27H22FN7/c1-2-29-12-16-9-17(14-30-13-16)23-10-20-25(15-32-23)34-35-27(20)24-11-19-22(33-24)7-8-31-26(19)18-5-3-4-6-21(18)28/h3-11,13-15,29,33H,2,12H2,1H3,(H,34,35). The van der Waals surface area contributed by atoms with Crippen LogP contribution in [-0.4, -0.2) is 36.7 Å². The number of halogens is 1. The number of nitrogens with one attached hydrogen (secondary N) is 3. The van der Waals surface area contributed by atoms with Crippen LogP contribution in [0.3, 0.4) is 0 Å². The molecular formula is C27H22FN7. The molecule has 7 nitrogen and oxygen atoms in total. The first kappa shape index (κ1) is 21.1. The van der Waals surface area contributed by atoms with Crippen molar-refractivity contribution in [1.29, 1.82) is 0 Å². The van der Waals surface area contributed by atoms with Crippen LogP contribution < -0.4 is 5.32 Å². The highest BCUT2D eigenvalue weighted by Gasteiger charge is 2.16. The molecule has 3 N–H and O–H groups in total. The third-order valence-electron chi connectivity index (χ3n) is 6.05. The molecule has 1 aromatic carbocycles. The van der Waals surface area contributed by atoms with E-state index in [1.165, 1.54) is 6.07 Å². The van der Waals surface area contributed by atoms with Gasteiger partial charge in [-0.15, -0.1) is 0 Å². The molecule has 6 rings (SSSR count). The van der Waals surface area contributed by atoms with E-state index in [1.807, 2.05) is 36.7 Å². The molecule has 5 aromatic heterocycles. The SMILES string of the molecule is CCNCc1cncc(-c2cc3c(-c4cc5c(-c6ccccc6F)nccc5[nH]4)n[nH]c3cn2)c1. The lowest BCUT2D eigenvalue weighted by atomic mass is 10.1. The summed E-state index contributed by atoms with van der Waals surface area (Å²) in [5.74, 6) is -0.304. The molecule has 0 aliphatic carbocycles. The Kier molecular flexibility index (Phi) is 5.27. The molecule has 0 aliphatic heterocycles. The average Bonchev–Trinajstić information content (AvgIpc) is 3.51. The van der Waals surface area contributed by atoms with Crippen LogP contribution in [0.2, 0.25) is 0 Å². The van der Waals surface area contributed by atoms with Gasteiger partial charge < -0.3 is 10.3 Å². The van der Waals surface area contributed by atoms with Gasteiger partial charge in [0.2, 0.25) is 0 Å². The number of aromatic amines is 2. The maximum absolute atomic E-state index is 14.5. The molecule has 0 saturated carbocycles. The van der Waals surface area contributed by atoms with Crippen LogP contribution in [0, 0.1) is 5.82 Å². The van der Waals surface area contributed by atoms with Gasteiger partial charge in [0.1, 0.15) is 11.5 Å². The number of fused-ring (bicyclic) bond motifs is 2. The molecule has 5 heterocycles. The Morgan fingerprint density at radius 2 is 1.80 bits per heavy atom. The van der Waals surface area contributed by atoms with Crippen molar-refractivity contribution in [3.63, 3.8) is 0 Å². The number of pyridine rings is 3. The van der Waals surface area contributed by atoms with Gasteiger partial charge in [0, 0.05) is 52.6 Å².